The minimum Gasteiger partial charge on any atom is -0.543 e. The summed E-state index contributed by atoms with van der Waals surface area (Å²) in [6.45, 7) is 0.689. The number of thioether (sulfide) groups is 2. The van der Waals surface area contributed by atoms with Gasteiger partial charge in [-0.1, -0.05) is 0 Å². The number of β-lactam (4-membered cyclic amide) rings is 1. The summed E-state index contributed by atoms with van der Waals surface area (Å²) in [6.07, 6.45) is 6.96. The number of rotatable bonds is 8. The first-order valence-corrected chi connectivity index (χ1v) is 10.3. The number of hydrogen-bond acceptors (Lipinski definition) is 6. The molecule has 1 fully saturated rings. The zero-order chi connectivity index (χ0) is 18.0. The van der Waals surface area contributed by atoms with Gasteiger partial charge in [0.05, 0.1) is 29.4 Å². The second kappa shape index (κ2) is 7.80. The highest BCUT2D eigenvalue weighted by atomic mass is 32.2. The molecule has 25 heavy (non-hydrogen) atoms. The molecule has 0 unspecified atom stereocenters. The van der Waals surface area contributed by atoms with Gasteiger partial charge in [-0.3, -0.25) is 4.79 Å². The summed E-state index contributed by atoms with van der Waals surface area (Å²) >= 11 is 3.15. The third-order valence-electron chi connectivity index (χ3n) is 4.61. The van der Waals surface area contributed by atoms with E-state index < -0.39 is 5.97 Å². The third-order valence-corrected chi connectivity index (χ3v) is 6.44. The lowest BCUT2D eigenvalue weighted by Gasteiger charge is -2.44. The molecule has 2 aliphatic heterocycles. The summed E-state index contributed by atoms with van der Waals surface area (Å²) in [5, 5.41) is 20.5. The normalized spacial score (nSPS) is 22.2. The smallest absolute Gasteiger partial charge is 0.232 e. The lowest BCUT2D eigenvalue weighted by molar-refractivity contribution is -0.692. The van der Waals surface area contributed by atoms with E-state index >= 15 is 0 Å². The molecule has 6 nitrogen and oxygen atoms in total. The van der Waals surface area contributed by atoms with E-state index in [0.29, 0.717) is 17.7 Å². The fraction of sp³-hybridized carbons (Fsp3) is 0.471. The maximum Gasteiger partial charge on any atom is 0.232 e. The number of aryl methyl sites for hydroxylation is 1. The van der Waals surface area contributed by atoms with Crippen molar-refractivity contribution in [2.45, 2.75) is 30.3 Å². The predicted molar refractivity (Wildman–Crippen MR) is 93.4 cm³/mol. The number of aliphatic hydroxyl groups excluding tert-OH is 1. The van der Waals surface area contributed by atoms with Crippen molar-refractivity contribution in [2.24, 2.45) is 5.92 Å². The van der Waals surface area contributed by atoms with Gasteiger partial charge in [0.1, 0.15) is 0 Å². The third kappa shape index (κ3) is 3.56. The van der Waals surface area contributed by atoms with Gasteiger partial charge < -0.3 is 19.9 Å². The highest BCUT2D eigenvalue weighted by Crippen LogP contribution is 2.46. The van der Waals surface area contributed by atoms with Crippen LogP contribution in [-0.2, 0) is 16.1 Å². The van der Waals surface area contributed by atoms with Crippen molar-refractivity contribution in [2.75, 3.05) is 18.6 Å². The van der Waals surface area contributed by atoms with Gasteiger partial charge in [-0.2, -0.15) is 0 Å². The summed E-state index contributed by atoms with van der Waals surface area (Å²) in [4.78, 5) is 26.9. The average Bonchev–Trinajstić information content (AvgIpc) is 2.96. The molecular formula is C17H20N2O4S2. The minimum absolute atomic E-state index is 0.0249. The Bertz CT molecular complexity index is 705. The first kappa shape index (κ1) is 18.3. The van der Waals surface area contributed by atoms with Crippen LogP contribution >= 0.6 is 23.5 Å². The zero-order valence-corrected chi connectivity index (χ0v) is 15.5. The molecule has 3 heterocycles. The van der Waals surface area contributed by atoms with Crippen LogP contribution in [0.1, 0.15) is 12.8 Å². The van der Waals surface area contributed by atoms with Crippen LogP contribution in [0.15, 0.2) is 40.0 Å². The fourth-order valence-electron chi connectivity index (χ4n) is 3.33. The number of carboxylic acid groups (broad SMARTS) is 1. The van der Waals surface area contributed by atoms with Crippen LogP contribution in [0.2, 0.25) is 0 Å². The average molecular weight is 380 g/mol. The highest BCUT2D eigenvalue weighted by molar-refractivity contribution is 8.03. The van der Waals surface area contributed by atoms with E-state index in [1.54, 1.807) is 11.8 Å². The molecule has 0 aliphatic carbocycles. The van der Waals surface area contributed by atoms with Gasteiger partial charge >= 0.3 is 0 Å². The molecule has 0 saturated carbocycles. The van der Waals surface area contributed by atoms with E-state index in [4.69, 9.17) is 5.11 Å². The lowest BCUT2D eigenvalue weighted by atomic mass is 9.85. The van der Waals surface area contributed by atoms with Gasteiger partial charge in [0.25, 0.3) is 0 Å². The number of aliphatic carboxylic acids is 1. The molecule has 1 saturated heterocycles. The molecular weight excluding hydrogens is 360 g/mol. The zero-order valence-electron chi connectivity index (χ0n) is 13.9. The second-order valence-corrected chi connectivity index (χ2v) is 8.05. The molecule has 1 N–H and O–H groups in total. The maximum absolute atomic E-state index is 12.1. The van der Waals surface area contributed by atoms with Gasteiger partial charge in [-0.05, 0) is 12.7 Å². The molecule has 2 atom stereocenters. The Labute approximate surface area is 154 Å². The number of carboxylic acids is 1. The number of fused-ring (bicyclic) bond motifs is 1. The molecule has 2 aliphatic rings. The highest BCUT2D eigenvalue weighted by Gasteiger charge is 2.53. The van der Waals surface area contributed by atoms with Crippen molar-refractivity contribution in [3.05, 3.63) is 35.1 Å². The summed E-state index contributed by atoms with van der Waals surface area (Å²) in [7, 11) is 0. The summed E-state index contributed by atoms with van der Waals surface area (Å²) < 4.78 is 2.05. The van der Waals surface area contributed by atoms with Gasteiger partial charge in [0.15, 0.2) is 18.9 Å². The van der Waals surface area contributed by atoms with Gasteiger partial charge in [-0.15, -0.1) is 23.5 Å². The number of carbonyl (C=O) groups excluding carboxylic acids is 2. The molecule has 8 heteroatoms. The first-order chi connectivity index (χ1) is 12.1. The molecule has 0 aromatic carbocycles. The Morgan fingerprint density at radius 2 is 2.16 bits per heavy atom. The Morgan fingerprint density at radius 3 is 2.76 bits per heavy atom. The van der Waals surface area contributed by atoms with Crippen molar-refractivity contribution in [1.82, 2.24) is 4.90 Å². The van der Waals surface area contributed by atoms with Crippen LogP contribution < -0.4 is 9.67 Å². The standard InChI is InChI=1S/C17H20N2O4S2/c1-24-11-2-5-18(6-3-11)7-9-25-14-10-13-12(4-8-20)16(21)19(13)15(14)17(22)23/h2-3,5-6,12-13,20H,4,7-10H2,1H3/t12-,13+/m0/s1. The number of aliphatic hydroxyl groups is 1. The van der Waals surface area contributed by atoms with Crippen LogP contribution in [0, 0.1) is 5.92 Å². The van der Waals surface area contributed by atoms with Crippen molar-refractivity contribution in [3.63, 3.8) is 0 Å². The molecule has 0 spiro atoms. The quantitative estimate of drug-likeness (QED) is 0.388. The van der Waals surface area contributed by atoms with Crippen molar-refractivity contribution < 1.29 is 24.4 Å². The number of nitrogens with zero attached hydrogens (tertiary/aromatic N) is 2. The van der Waals surface area contributed by atoms with Crippen LogP contribution in [-0.4, -0.2) is 46.5 Å². The van der Waals surface area contributed by atoms with E-state index in [-0.39, 0.29) is 30.2 Å². The number of hydrogen-bond donors (Lipinski definition) is 1. The second-order valence-electron chi connectivity index (χ2n) is 5.98. The van der Waals surface area contributed by atoms with Crippen LogP contribution in [0.4, 0.5) is 0 Å². The Hall–Kier alpha value is -1.51. The van der Waals surface area contributed by atoms with E-state index in [0.717, 1.165) is 12.3 Å². The summed E-state index contributed by atoms with van der Waals surface area (Å²) in [5.74, 6) is -1.06. The number of amides is 1. The summed E-state index contributed by atoms with van der Waals surface area (Å²) in [6, 6.07) is 3.95. The largest absolute Gasteiger partial charge is 0.543 e. The van der Waals surface area contributed by atoms with Crippen molar-refractivity contribution in [1.29, 1.82) is 0 Å². The topological polar surface area (TPSA) is 84.5 Å². The van der Waals surface area contributed by atoms with Crippen molar-refractivity contribution in [3.8, 4) is 0 Å². The van der Waals surface area contributed by atoms with Crippen LogP contribution in [0.5, 0.6) is 0 Å². The van der Waals surface area contributed by atoms with Crippen LogP contribution in [0.25, 0.3) is 0 Å². The van der Waals surface area contributed by atoms with Gasteiger partial charge in [0, 0.05) is 35.0 Å². The molecule has 1 aromatic rings. The minimum atomic E-state index is -1.29. The molecule has 0 bridgehead atoms. The lowest BCUT2D eigenvalue weighted by Crippen LogP contribution is -2.59. The molecule has 1 aromatic heterocycles. The Kier molecular flexibility index (Phi) is 5.71. The van der Waals surface area contributed by atoms with Gasteiger partial charge in [-0.25, -0.2) is 4.57 Å². The molecule has 0 radical (unpaired) electrons. The number of aromatic nitrogens is 1. The van der Waals surface area contributed by atoms with E-state index in [1.807, 2.05) is 30.8 Å². The first-order valence-electron chi connectivity index (χ1n) is 8.11. The number of pyridine rings is 1. The molecule has 3 rings (SSSR count). The van der Waals surface area contributed by atoms with E-state index in [9.17, 15) is 14.7 Å². The maximum atomic E-state index is 12.1. The van der Waals surface area contributed by atoms with E-state index in [2.05, 4.69) is 4.57 Å². The van der Waals surface area contributed by atoms with Crippen molar-refractivity contribution >= 4 is 35.4 Å². The van der Waals surface area contributed by atoms with Gasteiger partial charge in [0.2, 0.25) is 5.91 Å². The monoisotopic (exact) mass is 380 g/mol. The Balaban J connectivity index is 1.63. The SMILES string of the molecule is CSc1cc[n+](CCSC2=C(C(=O)[O-])N3C(=O)[C@@H](CCO)[C@H]3C2)cc1. The van der Waals surface area contributed by atoms with E-state index in [1.165, 1.54) is 21.6 Å². The summed E-state index contributed by atoms with van der Waals surface area (Å²) in [5.41, 5.74) is 0.0249. The molecule has 134 valence electrons. The Morgan fingerprint density at radius 1 is 1.44 bits per heavy atom. The molecule has 1 amide bonds. The predicted octanol–water partition coefficient (Wildman–Crippen LogP) is 0.00380. The fourth-order valence-corrected chi connectivity index (χ4v) is 4.88. The van der Waals surface area contributed by atoms with Crippen LogP contribution in [0.3, 0.4) is 0 Å². The number of carbonyl (C=O) groups is 2.